The lowest BCUT2D eigenvalue weighted by Gasteiger charge is -2.28. The molecule has 0 bridgehead atoms. The number of hydrogen-bond donors (Lipinski definition) is 0. The van der Waals surface area contributed by atoms with Crippen molar-refractivity contribution in [2.45, 2.75) is 39.9 Å². The number of amides is 1. The molecule has 0 spiro atoms. The Morgan fingerprint density at radius 3 is 2.50 bits per heavy atom. The lowest BCUT2D eigenvalue weighted by molar-refractivity contribution is -0.137. The first-order valence-electron chi connectivity index (χ1n) is 9.98. The molecule has 7 nitrogen and oxygen atoms in total. The number of hydrogen-bond acceptors (Lipinski definition) is 6. The SMILES string of the molecule is CCN(C(=O)c1ccc(C)cc1-c1nnc(C)o1)[C@@H](C)COc1ccc(C(F)(F)F)cn1. The standard InChI is InChI=1S/C22H23F3N4O3/c1-5-29(14(3)12-31-19-9-7-16(11-26-19)22(23,24)25)21(30)17-8-6-13(2)10-18(17)20-28-27-15(4)32-20/h6-11,14H,5,12H2,1-4H3/t14-/m0/s1. The summed E-state index contributed by atoms with van der Waals surface area (Å²) in [6.07, 6.45) is -3.75. The molecule has 1 amide bonds. The topological polar surface area (TPSA) is 81.4 Å². The minimum atomic E-state index is -4.47. The largest absolute Gasteiger partial charge is 0.475 e. The summed E-state index contributed by atoms with van der Waals surface area (Å²) in [7, 11) is 0. The second-order valence-corrected chi connectivity index (χ2v) is 7.31. The summed E-state index contributed by atoms with van der Waals surface area (Å²) in [4.78, 5) is 18.6. The van der Waals surface area contributed by atoms with Crippen LogP contribution in [0, 0.1) is 13.8 Å². The molecule has 0 saturated heterocycles. The Hall–Kier alpha value is -3.43. The van der Waals surface area contributed by atoms with E-state index in [0.717, 1.165) is 17.7 Å². The maximum atomic E-state index is 13.3. The summed E-state index contributed by atoms with van der Waals surface area (Å²) >= 11 is 0. The molecule has 0 radical (unpaired) electrons. The lowest BCUT2D eigenvalue weighted by atomic mass is 10.0. The number of aromatic nitrogens is 3. The summed E-state index contributed by atoms with van der Waals surface area (Å²) in [5, 5.41) is 7.87. The number of ether oxygens (including phenoxy) is 1. The van der Waals surface area contributed by atoms with Gasteiger partial charge in [-0.3, -0.25) is 4.79 Å². The smallest absolute Gasteiger partial charge is 0.417 e. The first-order chi connectivity index (χ1) is 15.1. The van der Waals surface area contributed by atoms with Crippen molar-refractivity contribution in [1.29, 1.82) is 0 Å². The van der Waals surface area contributed by atoms with Crippen LogP contribution in [0.3, 0.4) is 0 Å². The Kier molecular flexibility index (Phi) is 6.81. The van der Waals surface area contributed by atoms with Gasteiger partial charge in [0.1, 0.15) is 6.61 Å². The molecule has 1 atom stereocenters. The number of pyridine rings is 1. The van der Waals surface area contributed by atoms with Gasteiger partial charge in [-0.1, -0.05) is 11.6 Å². The van der Waals surface area contributed by atoms with E-state index in [0.29, 0.717) is 29.8 Å². The van der Waals surface area contributed by atoms with Crippen LogP contribution in [0.15, 0.2) is 40.9 Å². The molecule has 3 aromatic rings. The van der Waals surface area contributed by atoms with E-state index in [1.54, 1.807) is 30.9 Å². The van der Waals surface area contributed by atoms with Crippen molar-refractivity contribution in [3.05, 3.63) is 59.1 Å². The Balaban J connectivity index is 1.76. The number of alkyl halides is 3. The number of aryl methyl sites for hydroxylation is 2. The first-order valence-corrected chi connectivity index (χ1v) is 9.98. The van der Waals surface area contributed by atoms with Gasteiger partial charge in [0.2, 0.25) is 17.7 Å². The average Bonchev–Trinajstić information content (AvgIpc) is 3.18. The molecule has 0 aliphatic rings. The maximum Gasteiger partial charge on any atom is 0.417 e. The van der Waals surface area contributed by atoms with Gasteiger partial charge in [0, 0.05) is 25.7 Å². The summed E-state index contributed by atoms with van der Waals surface area (Å²) in [5.41, 5.74) is 1.01. The zero-order valence-electron chi connectivity index (χ0n) is 18.1. The van der Waals surface area contributed by atoms with Crippen LogP contribution < -0.4 is 4.74 Å². The minimum Gasteiger partial charge on any atom is -0.475 e. The van der Waals surface area contributed by atoms with E-state index in [9.17, 15) is 18.0 Å². The number of rotatable bonds is 7. The fraction of sp³-hybridized carbons (Fsp3) is 0.364. The van der Waals surface area contributed by atoms with E-state index in [-0.39, 0.29) is 30.3 Å². The van der Waals surface area contributed by atoms with Crippen LogP contribution in [0.5, 0.6) is 5.88 Å². The highest BCUT2D eigenvalue weighted by Gasteiger charge is 2.31. The fourth-order valence-corrected chi connectivity index (χ4v) is 3.17. The van der Waals surface area contributed by atoms with Gasteiger partial charge < -0.3 is 14.1 Å². The summed E-state index contributed by atoms with van der Waals surface area (Å²) < 4.78 is 49.1. The molecule has 170 valence electrons. The Morgan fingerprint density at radius 2 is 1.94 bits per heavy atom. The van der Waals surface area contributed by atoms with Crippen LogP contribution in [0.25, 0.3) is 11.5 Å². The van der Waals surface area contributed by atoms with Gasteiger partial charge in [0.05, 0.1) is 22.7 Å². The van der Waals surface area contributed by atoms with E-state index in [1.165, 1.54) is 0 Å². The zero-order valence-corrected chi connectivity index (χ0v) is 18.1. The van der Waals surface area contributed by atoms with Crippen LogP contribution in [0.1, 0.15) is 41.2 Å². The molecule has 10 heteroatoms. The van der Waals surface area contributed by atoms with Gasteiger partial charge in [-0.25, -0.2) is 4.98 Å². The van der Waals surface area contributed by atoms with E-state index in [4.69, 9.17) is 9.15 Å². The number of halogens is 3. The van der Waals surface area contributed by atoms with E-state index < -0.39 is 11.7 Å². The van der Waals surface area contributed by atoms with Crippen molar-refractivity contribution >= 4 is 5.91 Å². The zero-order chi connectivity index (χ0) is 23.5. The number of nitrogens with zero attached hydrogens (tertiary/aromatic N) is 4. The number of benzene rings is 1. The fourth-order valence-electron chi connectivity index (χ4n) is 3.17. The molecule has 0 aliphatic heterocycles. The summed E-state index contributed by atoms with van der Waals surface area (Å²) in [6.45, 7) is 7.62. The number of carbonyl (C=O) groups excluding carboxylic acids is 1. The van der Waals surface area contributed by atoms with Crippen molar-refractivity contribution in [3.8, 4) is 17.3 Å². The van der Waals surface area contributed by atoms with Crippen molar-refractivity contribution < 1.29 is 27.1 Å². The molecule has 0 aliphatic carbocycles. The average molecular weight is 448 g/mol. The lowest BCUT2D eigenvalue weighted by Crippen LogP contribution is -2.42. The van der Waals surface area contributed by atoms with Crippen molar-refractivity contribution in [2.75, 3.05) is 13.2 Å². The predicted octanol–water partition coefficient (Wildman–Crippen LogP) is 4.70. The summed E-state index contributed by atoms with van der Waals surface area (Å²) in [6, 6.07) is 7.02. The molecule has 0 fully saturated rings. The quantitative estimate of drug-likeness (QED) is 0.521. The van der Waals surface area contributed by atoms with Crippen LogP contribution >= 0.6 is 0 Å². The molecule has 2 heterocycles. The normalized spacial score (nSPS) is 12.5. The number of carbonyl (C=O) groups is 1. The highest BCUT2D eigenvalue weighted by molar-refractivity contribution is 6.00. The highest BCUT2D eigenvalue weighted by atomic mass is 19.4. The van der Waals surface area contributed by atoms with Gasteiger partial charge in [-0.05, 0) is 39.0 Å². The Bertz CT molecular complexity index is 1080. The van der Waals surface area contributed by atoms with E-state index >= 15 is 0 Å². The third-order valence-corrected chi connectivity index (χ3v) is 4.83. The molecule has 0 unspecified atom stereocenters. The second kappa shape index (κ2) is 9.37. The molecular formula is C22H23F3N4O3. The summed E-state index contributed by atoms with van der Waals surface area (Å²) in [5.74, 6) is 0.432. The second-order valence-electron chi connectivity index (χ2n) is 7.31. The van der Waals surface area contributed by atoms with Crippen LogP contribution in [0.2, 0.25) is 0 Å². The van der Waals surface area contributed by atoms with Crippen LogP contribution in [-0.2, 0) is 6.18 Å². The molecule has 1 aromatic carbocycles. The van der Waals surface area contributed by atoms with Crippen LogP contribution in [0.4, 0.5) is 13.2 Å². The van der Waals surface area contributed by atoms with Gasteiger partial charge in [0.15, 0.2) is 0 Å². The maximum absolute atomic E-state index is 13.3. The van der Waals surface area contributed by atoms with Gasteiger partial charge in [-0.2, -0.15) is 13.2 Å². The van der Waals surface area contributed by atoms with Gasteiger partial charge >= 0.3 is 6.18 Å². The molecule has 32 heavy (non-hydrogen) atoms. The van der Waals surface area contributed by atoms with Crippen molar-refractivity contribution in [1.82, 2.24) is 20.1 Å². The van der Waals surface area contributed by atoms with Gasteiger partial charge in [0.25, 0.3) is 5.91 Å². The Morgan fingerprint density at radius 1 is 1.19 bits per heavy atom. The van der Waals surface area contributed by atoms with Crippen molar-refractivity contribution in [3.63, 3.8) is 0 Å². The molecular weight excluding hydrogens is 425 g/mol. The minimum absolute atomic E-state index is 0.0470. The monoisotopic (exact) mass is 448 g/mol. The van der Waals surface area contributed by atoms with Gasteiger partial charge in [-0.15, -0.1) is 10.2 Å². The predicted molar refractivity (Wildman–Crippen MR) is 110 cm³/mol. The van der Waals surface area contributed by atoms with E-state index in [2.05, 4.69) is 15.2 Å². The van der Waals surface area contributed by atoms with E-state index in [1.807, 2.05) is 19.9 Å². The highest BCUT2D eigenvalue weighted by Crippen LogP contribution is 2.29. The first kappa shape index (κ1) is 23.2. The van der Waals surface area contributed by atoms with Crippen molar-refractivity contribution in [2.24, 2.45) is 0 Å². The molecule has 3 rings (SSSR count). The Labute approximate surface area is 183 Å². The third kappa shape index (κ3) is 5.24. The third-order valence-electron chi connectivity index (χ3n) is 4.83. The van der Waals surface area contributed by atoms with Crippen LogP contribution in [-0.4, -0.2) is 45.2 Å². The molecule has 2 aromatic heterocycles. The molecule has 0 N–H and O–H groups in total. The number of likely N-dealkylation sites (N-methyl/N-ethyl adjacent to an activating group) is 1. The molecule has 0 saturated carbocycles.